The molecule has 0 spiro atoms. The molecule has 0 amide bonds. The van der Waals surface area contributed by atoms with E-state index in [2.05, 4.69) is 0 Å². The van der Waals surface area contributed by atoms with E-state index in [4.69, 9.17) is 15.0 Å². The van der Waals surface area contributed by atoms with Gasteiger partial charge >= 0.3 is 5.97 Å². The maximum absolute atomic E-state index is 11.3. The van der Waals surface area contributed by atoms with Gasteiger partial charge in [-0.2, -0.15) is 0 Å². The number of benzene rings is 1. The summed E-state index contributed by atoms with van der Waals surface area (Å²) in [5, 5.41) is 13.6. The smallest absolute Gasteiger partial charge is 0.303 e. The fourth-order valence-electron chi connectivity index (χ4n) is 1.35. The summed E-state index contributed by atoms with van der Waals surface area (Å²) < 4.78 is 27.4. The van der Waals surface area contributed by atoms with Crippen LogP contribution in [0.2, 0.25) is 0 Å². The van der Waals surface area contributed by atoms with Crippen LogP contribution in [-0.2, 0) is 21.2 Å². The number of carbonyl (C=O) groups is 1. The molecule has 0 saturated heterocycles. The van der Waals surface area contributed by atoms with Gasteiger partial charge in [0.1, 0.15) is 10.6 Å². The lowest BCUT2D eigenvalue weighted by atomic mass is 10.1. The summed E-state index contributed by atoms with van der Waals surface area (Å²) in [6.45, 7) is 0. The van der Waals surface area contributed by atoms with E-state index in [1.807, 2.05) is 0 Å². The highest BCUT2D eigenvalue weighted by molar-refractivity contribution is 7.89. The third kappa shape index (κ3) is 3.72. The van der Waals surface area contributed by atoms with Crippen LogP contribution in [0.3, 0.4) is 0 Å². The molecule has 17 heavy (non-hydrogen) atoms. The van der Waals surface area contributed by atoms with E-state index >= 15 is 0 Å². The fourth-order valence-corrected chi connectivity index (χ4v) is 2.10. The molecule has 1 rings (SSSR count). The summed E-state index contributed by atoms with van der Waals surface area (Å²) in [7, 11) is -2.54. The van der Waals surface area contributed by atoms with Crippen LogP contribution in [0.1, 0.15) is 12.0 Å². The monoisotopic (exact) mass is 259 g/mol. The second-order valence-electron chi connectivity index (χ2n) is 3.42. The third-order valence-corrected chi connectivity index (χ3v) is 3.09. The lowest BCUT2D eigenvalue weighted by molar-refractivity contribution is -0.136. The molecule has 0 bridgehead atoms. The molecule has 0 aliphatic carbocycles. The molecular formula is C10H13NO5S. The van der Waals surface area contributed by atoms with Crippen LogP contribution >= 0.6 is 0 Å². The molecule has 6 nitrogen and oxygen atoms in total. The number of aryl methyl sites for hydroxylation is 1. The van der Waals surface area contributed by atoms with Crippen molar-refractivity contribution in [3.63, 3.8) is 0 Å². The first-order valence-electron chi connectivity index (χ1n) is 4.76. The predicted molar refractivity (Wildman–Crippen MR) is 60.3 cm³/mol. The van der Waals surface area contributed by atoms with Gasteiger partial charge < -0.3 is 9.84 Å². The minimum Gasteiger partial charge on any atom is -0.495 e. The van der Waals surface area contributed by atoms with E-state index in [-0.39, 0.29) is 23.5 Å². The van der Waals surface area contributed by atoms with Crippen LogP contribution in [0.4, 0.5) is 0 Å². The van der Waals surface area contributed by atoms with E-state index in [0.717, 1.165) is 0 Å². The summed E-state index contributed by atoms with van der Waals surface area (Å²) in [6.07, 6.45) is 0.165. The highest BCUT2D eigenvalue weighted by Crippen LogP contribution is 2.24. The number of rotatable bonds is 5. The van der Waals surface area contributed by atoms with Gasteiger partial charge in [-0.15, -0.1) is 0 Å². The zero-order valence-electron chi connectivity index (χ0n) is 9.21. The molecule has 7 heteroatoms. The number of hydrogen-bond acceptors (Lipinski definition) is 4. The van der Waals surface area contributed by atoms with Gasteiger partial charge in [-0.05, 0) is 24.1 Å². The number of hydrogen-bond donors (Lipinski definition) is 2. The quantitative estimate of drug-likeness (QED) is 0.794. The number of carboxylic acids is 1. The molecule has 0 atom stereocenters. The van der Waals surface area contributed by atoms with Gasteiger partial charge in [-0.1, -0.05) is 6.07 Å². The Morgan fingerprint density at radius 2 is 2.12 bits per heavy atom. The Morgan fingerprint density at radius 1 is 1.47 bits per heavy atom. The second-order valence-corrected chi connectivity index (χ2v) is 4.95. The van der Waals surface area contributed by atoms with Crippen molar-refractivity contribution in [3.05, 3.63) is 23.8 Å². The largest absolute Gasteiger partial charge is 0.495 e. The predicted octanol–water partition coefficient (Wildman–Crippen LogP) is 0.360. The molecule has 3 N–H and O–H groups in total. The van der Waals surface area contributed by atoms with Gasteiger partial charge in [0.2, 0.25) is 10.0 Å². The van der Waals surface area contributed by atoms with Gasteiger partial charge in [0.15, 0.2) is 0 Å². The van der Waals surface area contributed by atoms with Crippen molar-refractivity contribution in [3.8, 4) is 5.75 Å². The summed E-state index contributed by atoms with van der Waals surface area (Å²) in [6, 6.07) is 4.39. The van der Waals surface area contributed by atoms with Crippen LogP contribution in [0.25, 0.3) is 0 Å². The Balaban J connectivity index is 3.10. The molecule has 0 unspecified atom stereocenters. The van der Waals surface area contributed by atoms with Crippen molar-refractivity contribution in [2.75, 3.05) is 7.11 Å². The highest BCUT2D eigenvalue weighted by Gasteiger charge is 2.15. The lowest BCUT2D eigenvalue weighted by Crippen LogP contribution is -2.14. The minimum absolute atomic E-state index is 0.0730. The molecule has 0 saturated carbocycles. The fraction of sp³-hybridized carbons (Fsp3) is 0.300. The summed E-state index contributed by atoms with van der Waals surface area (Å²) in [4.78, 5) is 10.3. The first-order chi connectivity index (χ1) is 7.84. The Labute approximate surface area is 99.1 Å². The lowest BCUT2D eigenvalue weighted by Gasteiger charge is -2.08. The van der Waals surface area contributed by atoms with Crippen LogP contribution in [0.5, 0.6) is 5.75 Å². The molecule has 0 heterocycles. The standard InChI is InChI=1S/C10H13NO5S/c1-16-8-4-2-7(3-5-10(12)13)6-9(8)17(11,14)15/h2,4,6H,3,5H2,1H3,(H,12,13)(H2,11,14,15). The molecule has 0 aliphatic rings. The Hall–Kier alpha value is -1.60. The van der Waals surface area contributed by atoms with E-state index < -0.39 is 16.0 Å². The molecule has 0 radical (unpaired) electrons. The average Bonchev–Trinajstić information content (AvgIpc) is 2.24. The molecule has 0 aliphatic heterocycles. The maximum atomic E-state index is 11.3. The van der Waals surface area contributed by atoms with Crippen LogP contribution < -0.4 is 9.88 Å². The molecular weight excluding hydrogens is 246 g/mol. The number of sulfonamides is 1. The van der Waals surface area contributed by atoms with Crippen molar-refractivity contribution in [2.24, 2.45) is 5.14 Å². The minimum atomic E-state index is -3.88. The number of nitrogens with two attached hydrogens (primary N) is 1. The normalized spacial score (nSPS) is 11.2. The van der Waals surface area contributed by atoms with Crippen LogP contribution in [0.15, 0.2) is 23.1 Å². The number of carboxylic acid groups (broad SMARTS) is 1. The molecule has 94 valence electrons. The van der Waals surface area contributed by atoms with Crippen molar-refractivity contribution in [1.29, 1.82) is 0 Å². The second kappa shape index (κ2) is 5.15. The maximum Gasteiger partial charge on any atom is 0.303 e. The van der Waals surface area contributed by atoms with E-state index in [9.17, 15) is 13.2 Å². The third-order valence-electron chi connectivity index (χ3n) is 2.16. The Kier molecular flexibility index (Phi) is 4.08. The van der Waals surface area contributed by atoms with Crippen LogP contribution in [0, 0.1) is 0 Å². The summed E-state index contributed by atoms with van der Waals surface area (Å²) >= 11 is 0. The van der Waals surface area contributed by atoms with Gasteiger partial charge in [-0.25, -0.2) is 13.6 Å². The van der Waals surface area contributed by atoms with Gasteiger partial charge in [0.05, 0.1) is 7.11 Å². The first kappa shape index (κ1) is 13.5. The van der Waals surface area contributed by atoms with Crippen molar-refractivity contribution >= 4 is 16.0 Å². The number of aliphatic carboxylic acids is 1. The SMILES string of the molecule is COc1ccc(CCC(=O)O)cc1S(N)(=O)=O. The van der Waals surface area contributed by atoms with Crippen LogP contribution in [-0.4, -0.2) is 26.6 Å². The average molecular weight is 259 g/mol. The number of primary sulfonamides is 1. The molecule has 0 fully saturated rings. The molecule has 1 aromatic carbocycles. The van der Waals surface area contributed by atoms with E-state index in [0.29, 0.717) is 5.56 Å². The Morgan fingerprint density at radius 3 is 2.59 bits per heavy atom. The molecule has 1 aromatic rings. The summed E-state index contributed by atoms with van der Waals surface area (Å²) in [5.41, 5.74) is 0.581. The Bertz CT molecular complexity index is 523. The molecule has 0 aromatic heterocycles. The topological polar surface area (TPSA) is 107 Å². The van der Waals surface area contributed by atoms with E-state index in [1.54, 1.807) is 6.07 Å². The first-order valence-corrected chi connectivity index (χ1v) is 6.30. The van der Waals surface area contributed by atoms with Gasteiger partial charge in [0, 0.05) is 6.42 Å². The van der Waals surface area contributed by atoms with Crippen molar-refractivity contribution < 1.29 is 23.1 Å². The number of ether oxygens (including phenoxy) is 1. The van der Waals surface area contributed by atoms with Gasteiger partial charge in [0.25, 0.3) is 0 Å². The zero-order valence-corrected chi connectivity index (χ0v) is 10.0. The van der Waals surface area contributed by atoms with Crippen molar-refractivity contribution in [1.82, 2.24) is 0 Å². The number of methoxy groups -OCH3 is 1. The van der Waals surface area contributed by atoms with E-state index in [1.165, 1.54) is 19.2 Å². The summed E-state index contributed by atoms with van der Waals surface area (Å²) in [5.74, 6) is -0.801. The highest BCUT2D eigenvalue weighted by atomic mass is 32.2. The van der Waals surface area contributed by atoms with Gasteiger partial charge in [-0.3, -0.25) is 4.79 Å². The van der Waals surface area contributed by atoms with Crippen molar-refractivity contribution in [2.45, 2.75) is 17.7 Å². The zero-order chi connectivity index (χ0) is 13.1.